The third-order valence-electron chi connectivity index (χ3n) is 9.18. The van der Waals surface area contributed by atoms with Crippen LogP contribution in [0.1, 0.15) is 200 Å². The average molecular weight is 749 g/mol. The molecule has 3 atom stereocenters. The van der Waals surface area contributed by atoms with Gasteiger partial charge in [-0.1, -0.05) is 174 Å². The van der Waals surface area contributed by atoms with Crippen molar-refractivity contribution in [3.8, 4) is 0 Å². The number of carbonyl (C=O) groups excluding carboxylic acids is 1. The molecule has 3 unspecified atom stereocenters. The smallest absolute Gasteiger partial charge is 0.457 e. The Morgan fingerprint density at radius 1 is 0.588 bits per heavy atom. The van der Waals surface area contributed by atoms with Crippen LogP contribution in [0.25, 0.3) is 0 Å². The lowest BCUT2D eigenvalue weighted by Gasteiger charge is -2.20. The maximum Gasteiger partial charge on any atom is 0.472 e. The number of allylic oxidation sites excluding steroid dienone is 2. The van der Waals surface area contributed by atoms with E-state index >= 15 is 0 Å². The van der Waals surface area contributed by atoms with Crippen molar-refractivity contribution in [2.24, 2.45) is 0 Å². The third-order valence-corrected chi connectivity index (χ3v) is 10.1. The van der Waals surface area contributed by atoms with Crippen LogP contribution in [0.15, 0.2) is 12.2 Å². The molecule has 0 aliphatic heterocycles. The molecule has 0 aromatic heterocycles. The first kappa shape index (κ1) is 50.2. The summed E-state index contributed by atoms with van der Waals surface area (Å²) in [5.74, 6) is -0.391. The predicted octanol–water partition coefficient (Wildman–Crippen LogP) is 11.3. The zero-order chi connectivity index (χ0) is 37.5. The molecule has 3 N–H and O–H groups in total. The largest absolute Gasteiger partial charge is 0.472 e. The highest BCUT2D eigenvalue weighted by Crippen LogP contribution is 2.43. The number of phosphoric ester groups is 1. The van der Waals surface area contributed by atoms with E-state index in [1.807, 2.05) is 0 Å². The molecular formula is C41H81O9P. The van der Waals surface area contributed by atoms with Crippen molar-refractivity contribution in [2.75, 3.05) is 33.0 Å². The molecular weight excluding hydrogens is 667 g/mol. The Hall–Kier alpha value is -0.800. The van der Waals surface area contributed by atoms with Crippen LogP contribution in [0.3, 0.4) is 0 Å². The van der Waals surface area contributed by atoms with Gasteiger partial charge in [-0.25, -0.2) is 4.57 Å². The van der Waals surface area contributed by atoms with E-state index in [2.05, 4.69) is 26.0 Å². The second-order valence-corrected chi connectivity index (χ2v) is 15.8. The molecule has 0 heterocycles. The van der Waals surface area contributed by atoms with E-state index in [1.54, 1.807) is 0 Å². The number of hydrogen-bond acceptors (Lipinski definition) is 8. The van der Waals surface area contributed by atoms with E-state index in [1.165, 1.54) is 122 Å². The second-order valence-electron chi connectivity index (χ2n) is 14.4. The summed E-state index contributed by atoms with van der Waals surface area (Å²) in [5, 5.41) is 18.3. The molecule has 9 nitrogen and oxygen atoms in total. The van der Waals surface area contributed by atoms with Gasteiger partial charge in [0.15, 0.2) is 0 Å². The van der Waals surface area contributed by atoms with Gasteiger partial charge in [0, 0.05) is 13.0 Å². The van der Waals surface area contributed by atoms with E-state index in [-0.39, 0.29) is 19.6 Å². The molecule has 0 fully saturated rings. The van der Waals surface area contributed by atoms with Crippen molar-refractivity contribution in [1.82, 2.24) is 0 Å². The van der Waals surface area contributed by atoms with E-state index in [0.29, 0.717) is 6.61 Å². The Morgan fingerprint density at radius 3 is 1.55 bits per heavy atom. The molecule has 51 heavy (non-hydrogen) atoms. The summed E-state index contributed by atoms with van der Waals surface area (Å²) in [5.41, 5.74) is 0. The molecule has 0 aromatic rings. The molecule has 0 saturated carbocycles. The minimum absolute atomic E-state index is 0.0513. The van der Waals surface area contributed by atoms with Crippen molar-refractivity contribution in [3.63, 3.8) is 0 Å². The van der Waals surface area contributed by atoms with Crippen molar-refractivity contribution < 1.29 is 43.0 Å². The Labute approximate surface area is 313 Å². The zero-order valence-corrected chi connectivity index (χ0v) is 34.0. The van der Waals surface area contributed by atoms with E-state index < -0.39 is 39.2 Å². The number of aliphatic hydroxyl groups is 2. The fourth-order valence-corrected chi connectivity index (χ4v) is 6.74. The van der Waals surface area contributed by atoms with Gasteiger partial charge < -0.3 is 24.6 Å². The van der Waals surface area contributed by atoms with Crippen molar-refractivity contribution in [1.29, 1.82) is 0 Å². The van der Waals surface area contributed by atoms with Crippen LogP contribution in [0.4, 0.5) is 0 Å². The van der Waals surface area contributed by atoms with Gasteiger partial charge in [0.2, 0.25) is 0 Å². The molecule has 0 spiro atoms. The van der Waals surface area contributed by atoms with Crippen LogP contribution in [-0.4, -0.2) is 66.3 Å². The van der Waals surface area contributed by atoms with Gasteiger partial charge in [-0.05, 0) is 32.1 Å². The molecule has 0 radical (unpaired) electrons. The van der Waals surface area contributed by atoms with Crippen LogP contribution in [0, 0.1) is 0 Å². The van der Waals surface area contributed by atoms with E-state index in [9.17, 15) is 19.4 Å². The minimum Gasteiger partial charge on any atom is -0.457 e. The fourth-order valence-electron chi connectivity index (χ4n) is 5.95. The summed E-state index contributed by atoms with van der Waals surface area (Å²) >= 11 is 0. The molecule has 10 heteroatoms. The molecule has 0 amide bonds. The predicted molar refractivity (Wildman–Crippen MR) is 210 cm³/mol. The Morgan fingerprint density at radius 2 is 1.04 bits per heavy atom. The number of esters is 1. The lowest BCUT2D eigenvalue weighted by molar-refractivity contribution is -0.154. The number of carbonyl (C=O) groups is 1. The third kappa shape index (κ3) is 38.7. The van der Waals surface area contributed by atoms with Crippen molar-refractivity contribution in [3.05, 3.63) is 12.2 Å². The number of rotatable bonds is 41. The topological polar surface area (TPSA) is 132 Å². The van der Waals surface area contributed by atoms with Crippen LogP contribution < -0.4 is 0 Å². The Kier molecular flexibility index (Phi) is 38.3. The normalized spacial score (nSPS) is 14.2. The SMILES string of the molecule is CCC/C=C\CCCCCCCC(=O)OC(COCCCCCCCCCCCCCCCCCCCCCC)COP(=O)(O)OCC(O)CO. The quantitative estimate of drug-likeness (QED) is 0.0242. The van der Waals surface area contributed by atoms with Crippen LogP contribution >= 0.6 is 7.82 Å². The van der Waals surface area contributed by atoms with Gasteiger partial charge in [0.05, 0.1) is 26.4 Å². The van der Waals surface area contributed by atoms with Crippen LogP contribution in [0.2, 0.25) is 0 Å². The summed E-state index contributed by atoms with van der Waals surface area (Å²) in [6.45, 7) is 3.48. The first-order valence-electron chi connectivity index (χ1n) is 21.2. The summed E-state index contributed by atoms with van der Waals surface area (Å²) in [6.07, 6.45) is 37.5. The number of ether oxygens (including phenoxy) is 2. The fraction of sp³-hybridized carbons (Fsp3) is 0.927. The first-order valence-corrected chi connectivity index (χ1v) is 22.7. The monoisotopic (exact) mass is 749 g/mol. The van der Waals surface area contributed by atoms with Gasteiger partial charge in [-0.3, -0.25) is 13.8 Å². The van der Waals surface area contributed by atoms with E-state index in [4.69, 9.17) is 23.6 Å². The number of hydrogen-bond donors (Lipinski definition) is 3. The Bertz CT molecular complexity index is 810. The molecule has 0 saturated heterocycles. The molecule has 0 aliphatic rings. The standard InChI is InChI=1S/C41H81O9P/c1-3-5-7-9-11-13-15-16-17-18-19-20-21-22-23-24-26-28-30-32-34-47-37-40(38-49-51(45,46)48-36-39(43)35-42)50-41(44)33-31-29-27-25-14-12-10-8-6-4-2/h8,10,39-40,42-43H,3-7,9,11-38H2,1-2H3,(H,45,46)/b10-8-. The van der Waals surface area contributed by atoms with Gasteiger partial charge in [-0.15, -0.1) is 0 Å². The highest BCUT2D eigenvalue weighted by Gasteiger charge is 2.26. The number of phosphoric acid groups is 1. The molecule has 304 valence electrons. The lowest BCUT2D eigenvalue weighted by atomic mass is 10.0. The highest BCUT2D eigenvalue weighted by molar-refractivity contribution is 7.47. The lowest BCUT2D eigenvalue weighted by Crippen LogP contribution is -2.29. The van der Waals surface area contributed by atoms with Crippen molar-refractivity contribution in [2.45, 2.75) is 212 Å². The zero-order valence-electron chi connectivity index (χ0n) is 33.1. The number of unbranched alkanes of at least 4 members (excludes halogenated alkanes) is 25. The highest BCUT2D eigenvalue weighted by atomic mass is 31.2. The minimum atomic E-state index is -4.51. The van der Waals surface area contributed by atoms with Gasteiger partial charge in [0.25, 0.3) is 0 Å². The Balaban J connectivity index is 4.05. The molecule has 0 bridgehead atoms. The van der Waals surface area contributed by atoms with Crippen molar-refractivity contribution >= 4 is 13.8 Å². The molecule has 0 rings (SSSR count). The maximum atomic E-state index is 12.5. The average Bonchev–Trinajstić information content (AvgIpc) is 3.12. The number of aliphatic hydroxyl groups excluding tert-OH is 2. The van der Waals surface area contributed by atoms with Crippen LogP contribution in [0.5, 0.6) is 0 Å². The summed E-state index contributed by atoms with van der Waals surface area (Å²) in [6, 6.07) is 0. The molecule has 0 aromatic carbocycles. The summed E-state index contributed by atoms with van der Waals surface area (Å²) in [4.78, 5) is 22.5. The van der Waals surface area contributed by atoms with Gasteiger partial charge in [-0.2, -0.15) is 0 Å². The summed E-state index contributed by atoms with van der Waals surface area (Å²) in [7, 11) is -4.51. The maximum absolute atomic E-state index is 12.5. The van der Waals surface area contributed by atoms with Gasteiger partial charge >= 0.3 is 13.8 Å². The van der Waals surface area contributed by atoms with Gasteiger partial charge in [0.1, 0.15) is 12.2 Å². The molecule has 0 aliphatic carbocycles. The first-order chi connectivity index (χ1) is 24.8. The summed E-state index contributed by atoms with van der Waals surface area (Å²) < 4.78 is 33.3. The van der Waals surface area contributed by atoms with E-state index in [0.717, 1.165) is 57.8 Å². The second kappa shape index (κ2) is 38.9. The van der Waals surface area contributed by atoms with Crippen LogP contribution in [-0.2, 0) is 27.9 Å².